The van der Waals surface area contributed by atoms with Crippen LogP contribution >= 0.6 is 0 Å². The van der Waals surface area contributed by atoms with E-state index >= 15 is 0 Å². The lowest BCUT2D eigenvalue weighted by Crippen LogP contribution is -2.48. The molecule has 1 amide bonds. The molecule has 1 spiro atoms. The van der Waals surface area contributed by atoms with E-state index in [0.717, 1.165) is 19.4 Å². The maximum absolute atomic E-state index is 13.5. The van der Waals surface area contributed by atoms with Crippen LogP contribution in [-0.4, -0.2) is 31.6 Å². The molecule has 4 nitrogen and oxygen atoms in total. The highest BCUT2D eigenvalue weighted by atomic mass is 16.5. The average Bonchev–Trinajstić information content (AvgIpc) is 3.19. The van der Waals surface area contributed by atoms with Gasteiger partial charge in [-0.1, -0.05) is 37.1 Å². The third-order valence-electron chi connectivity index (χ3n) is 6.37. The first-order valence-corrected chi connectivity index (χ1v) is 9.72. The second-order valence-corrected chi connectivity index (χ2v) is 7.75. The maximum atomic E-state index is 13.5. The van der Waals surface area contributed by atoms with Crippen molar-refractivity contribution in [3.63, 3.8) is 0 Å². The molecule has 4 rings (SSSR count). The number of hydrogen-bond donors (Lipinski definition) is 0. The van der Waals surface area contributed by atoms with Crippen molar-refractivity contribution in [1.82, 2.24) is 4.90 Å². The van der Waals surface area contributed by atoms with Gasteiger partial charge in [0.15, 0.2) is 11.5 Å². The number of amides is 1. The molecule has 2 aliphatic rings. The Morgan fingerprint density at radius 3 is 2.44 bits per heavy atom. The van der Waals surface area contributed by atoms with E-state index in [1.807, 2.05) is 6.07 Å². The highest BCUT2D eigenvalue weighted by molar-refractivity contribution is 5.95. The van der Waals surface area contributed by atoms with Crippen molar-refractivity contribution in [2.24, 2.45) is 0 Å². The summed E-state index contributed by atoms with van der Waals surface area (Å²) in [5.74, 6) is 1.28. The van der Waals surface area contributed by atoms with Gasteiger partial charge in [-0.2, -0.15) is 0 Å². The molecule has 0 saturated heterocycles. The van der Waals surface area contributed by atoms with Gasteiger partial charge in [0.05, 0.1) is 20.3 Å². The van der Waals surface area contributed by atoms with Crippen LogP contribution in [0.2, 0.25) is 0 Å². The SMILES string of the molecule is COc1ccc(C(=O)N2CC3(CCCC3)c3ccccc3C2C)cc1OC. The quantitative estimate of drug-likeness (QED) is 0.789. The second kappa shape index (κ2) is 6.91. The number of nitrogens with zero attached hydrogens (tertiary/aromatic N) is 1. The molecule has 27 heavy (non-hydrogen) atoms. The molecule has 4 heteroatoms. The number of fused-ring (bicyclic) bond motifs is 2. The summed E-state index contributed by atoms with van der Waals surface area (Å²) in [5.41, 5.74) is 3.49. The molecule has 1 aliphatic carbocycles. The lowest BCUT2D eigenvalue weighted by atomic mass is 9.72. The molecule has 1 atom stereocenters. The van der Waals surface area contributed by atoms with Crippen LogP contribution < -0.4 is 9.47 Å². The predicted molar refractivity (Wildman–Crippen MR) is 106 cm³/mol. The molecular formula is C23H27NO3. The minimum Gasteiger partial charge on any atom is -0.493 e. The van der Waals surface area contributed by atoms with Gasteiger partial charge in [-0.15, -0.1) is 0 Å². The summed E-state index contributed by atoms with van der Waals surface area (Å²) >= 11 is 0. The number of carbonyl (C=O) groups is 1. The summed E-state index contributed by atoms with van der Waals surface area (Å²) in [4.78, 5) is 15.5. The molecule has 0 bridgehead atoms. The topological polar surface area (TPSA) is 38.8 Å². The summed E-state index contributed by atoms with van der Waals surface area (Å²) in [7, 11) is 3.20. The Morgan fingerprint density at radius 1 is 1.04 bits per heavy atom. The van der Waals surface area contributed by atoms with E-state index in [1.54, 1.807) is 26.4 Å². The van der Waals surface area contributed by atoms with E-state index in [1.165, 1.54) is 24.0 Å². The first-order valence-electron chi connectivity index (χ1n) is 9.72. The fourth-order valence-electron chi connectivity index (χ4n) is 4.92. The Hall–Kier alpha value is -2.49. The normalized spacial score (nSPS) is 20.4. The van der Waals surface area contributed by atoms with Gasteiger partial charge >= 0.3 is 0 Å². The Bertz CT molecular complexity index is 854. The molecule has 1 fully saturated rings. The van der Waals surface area contributed by atoms with Crippen molar-refractivity contribution in [2.75, 3.05) is 20.8 Å². The summed E-state index contributed by atoms with van der Waals surface area (Å²) in [5, 5.41) is 0. The van der Waals surface area contributed by atoms with Crippen molar-refractivity contribution in [2.45, 2.75) is 44.1 Å². The molecule has 1 aliphatic heterocycles. The highest BCUT2D eigenvalue weighted by Gasteiger charge is 2.45. The number of benzene rings is 2. The van der Waals surface area contributed by atoms with Crippen LogP contribution in [0.1, 0.15) is 60.1 Å². The standard InChI is InChI=1S/C23H27NO3/c1-16-18-8-4-5-9-19(18)23(12-6-7-13-23)15-24(16)22(25)17-10-11-20(26-2)21(14-17)27-3/h4-5,8-11,14,16H,6-7,12-13,15H2,1-3H3. The lowest BCUT2D eigenvalue weighted by molar-refractivity contribution is 0.0595. The molecule has 1 heterocycles. The molecule has 2 aromatic carbocycles. The Morgan fingerprint density at radius 2 is 1.74 bits per heavy atom. The van der Waals surface area contributed by atoms with E-state index in [2.05, 4.69) is 36.1 Å². The molecule has 0 aromatic heterocycles. The fraction of sp³-hybridized carbons (Fsp3) is 0.435. The van der Waals surface area contributed by atoms with E-state index in [-0.39, 0.29) is 17.4 Å². The fourth-order valence-corrected chi connectivity index (χ4v) is 4.92. The Labute approximate surface area is 161 Å². The summed E-state index contributed by atoms with van der Waals surface area (Å²) < 4.78 is 10.7. The molecule has 0 radical (unpaired) electrons. The van der Waals surface area contributed by atoms with Gasteiger partial charge in [0.25, 0.3) is 5.91 Å². The average molecular weight is 365 g/mol. The predicted octanol–water partition coefficient (Wildman–Crippen LogP) is 4.73. The van der Waals surface area contributed by atoms with Crippen molar-refractivity contribution < 1.29 is 14.3 Å². The maximum Gasteiger partial charge on any atom is 0.254 e. The van der Waals surface area contributed by atoms with Gasteiger partial charge in [0.2, 0.25) is 0 Å². The number of methoxy groups -OCH3 is 2. The monoisotopic (exact) mass is 365 g/mol. The zero-order valence-corrected chi connectivity index (χ0v) is 16.3. The van der Waals surface area contributed by atoms with Crippen molar-refractivity contribution in [3.8, 4) is 11.5 Å². The molecule has 0 N–H and O–H groups in total. The minimum absolute atomic E-state index is 0.0595. The van der Waals surface area contributed by atoms with Gasteiger partial charge in [0.1, 0.15) is 0 Å². The van der Waals surface area contributed by atoms with Gasteiger partial charge < -0.3 is 14.4 Å². The molecule has 2 aromatic rings. The first-order chi connectivity index (χ1) is 13.1. The van der Waals surface area contributed by atoms with E-state index in [0.29, 0.717) is 17.1 Å². The van der Waals surface area contributed by atoms with Crippen LogP contribution in [0.3, 0.4) is 0 Å². The van der Waals surface area contributed by atoms with Crippen LogP contribution in [-0.2, 0) is 5.41 Å². The summed E-state index contributed by atoms with van der Waals surface area (Å²) in [6, 6.07) is 14.2. The van der Waals surface area contributed by atoms with Gasteiger partial charge in [0, 0.05) is 17.5 Å². The summed E-state index contributed by atoms with van der Waals surface area (Å²) in [6.07, 6.45) is 4.79. The van der Waals surface area contributed by atoms with E-state index < -0.39 is 0 Å². The third kappa shape index (κ3) is 2.88. The van der Waals surface area contributed by atoms with Gasteiger partial charge in [-0.05, 0) is 49.1 Å². The van der Waals surface area contributed by atoms with Crippen LogP contribution in [0.15, 0.2) is 42.5 Å². The summed E-state index contributed by atoms with van der Waals surface area (Å²) in [6.45, 7) is 2.93. The second-order valence-electron chi connectivity index (χ2n) is 7.75. The van der Waals surface area contributed by atoms with Crippen molar-refractivity contribution in [1.29, 1.82) is 0 Å². The lowest BCUT2D eigenvalue weighted by Gasteiger charge is -2.46. The minimum atomic E-state index is 0.0595. The number of ether oxygens (including phenoxy) is 2. The highest BCUT2D eigenvalue weighted by Crippen LogP contribution is 2.49. The van der Waals surface area contributed by atoms with Crippen LogP contribution in [0.25, 0.3) is 0 Å². The van der Waals surface area contributed by atoms with Crippen LogP contribution in [0, 0.1) is 0 Å². The van der Waals surface area contributed by atoms with Gasteiger partial charge in [-0.25, -0.2) is 0 Å². The zero-order chi connectivity index (χ0) is 19.0. The Kier molecular flexibility index (Phi) is 4.58. The van der Waals surface area contributed by atoms with Gasteiger partial charge in [-0.3, -0.25) is 4.79 Å². The van der Waals surface area contributed by atoms with E-state index in [9.17, 15) is 4.79 Å². The molecule has 1 unspecified atom stereocenters. The van der Waals surface area contributed by atoms with E-state index in [4.69, 9.17) is 9.47 Å². The third-order valence-corrected chi connectivity index (χ3v) is 6.37. The number of hydrogen-bond acceptors (Lipinski definition) is 3. The molecule has 142 valence electrons. The zero-order valence-electron chi connectivity index (χ0n) is 16.3. The Balaban J connectivity index is 1.73. The van der Waals surface area contributed by atoms with Crippen molar-refractivity contribution >= 4 is 5.91 Å². The number of carbonyl (C=O) groups excluding carboxylic acids is 1. The largest absolute Gasteiger partial charge is 0.493 e. The van der Waals surface area contributed by atoms with Crippen LogP contribution in [0.4, 0.5) is 0 Å². The first kappa shape index (κ1) is 17.9. The van der Waals surface area contributed by atoms with Crippen LogP contribution in [0.5, 0.6) is 11.5 Å². The molecular weight excluding hydrogens is 338 g/mol. The van der Waals surface area contributed by atoms with Crippen molar-refractivity contribution in [3.05, 3.63) is 59.2 Å². The molecule has 1 saturated carbocycles. The smallest absolute Gasteiger partial charge is 0.254 e. The number of rotatable bonds is 3.